The zero-order valence-corrected chi connectivity index (χ0v) is 72.9. The van der Waals surface area contributed by atoms with E-state index >= 15 is 0 Å². The molecule has 0 saturated carbocycles. The number of hydrogen-bond acceptors (Lipinski definition) is 18. The van der Waals surface area contributed by atoms with Crippen LogP contribution in [-0.4, -0.2) is 89.7 Å². The molecule has 23 rings (SSSR count). The second kappa shape index (κ2) is 38.7. The summed E-state index contributed by atoms with van der Waals surface area (Å²) in [6, 6.07) is 141. The lowest BCUT2D eigenvalue weighted by atomic mass is 10.0. The predicted octanol–water partition coefficient (Wildman–Crippen LogP) is 26.8. The fraction of sp³-hybridized carbons (Fsp3) is 0.00855. The lowest BCUT2D eigenvalue weighted by Gasteiger charge is -2.11. The number of fused-ring (bicyclic) bond motifs is 2. The zero-order valence-electron chi connectivity index (χ0n) is 72.9. The van der Waals surface area contributed by atoms with Gasteiger partial charge in [0.2, 0.25) is 0 Å². The average Bonchev–Trinajstić information content (AvgIpc) is 0.837. The van der Waals surface area contributed by atoms with E-state index in [9.17, 15) is 0 Å². The van der Waals surface area contributed by atoms with Crippen LogP contribution in [0.25, 0.3) is 226 Å². The molecule has 0 amide bonds. The zero-order chi connectivity index (χ0) is 90.4. The van der Waals surface area contributed by atoms with Gasteiger partial charge < -0.3 is 0 Å². The van der Waals surface area contributed by atoms with Gasteiger partial charge in [0.1, 0.15) is 0 Å². The van der Waals surface area contributed by atoms with Crippen molar-refractivity contribution in [3.8, 4) is 204 Å². The monoisotopic (exact) mass is 1730 g/mol. The number of aryl methyl sites for hydroxylation is 1. The molecule has 0 unspecified atom stereocenters. The summed E-state index contributed by atoms with van der Waals surface area (Å²) in [5.74, 6) is 5.33. The molecular formula is C117H78N18. The molecular weight excluding hydrogens is 1660 g/mol. The first kappa shape index (κ1) is 83.2. The third kappa shape index (κ3) is 19.1. The molecule has 0 fully saturated rings. The van der Waals surface area contributed by atoms with Crippen LogP contribution in [0, 0.1) is 6.92 Å². The van der Waals surface area contributed by atoms with E-state index in [1.165, 1.54) is 0 Å². The van der Waals surface area contributed by atoms with Crippen LogP contribution in [0.15, 0.2) is 456 Å². The summed E-state index contributed by atoms with van der Waals surface area (Å²) in [6.45, 7) is 2.03. The molecule has 23 aromatic rings. The Hall–Kier alpha value is -18.7. The fourth-order valence-electron chi connectivity index (χ4n) is 15.8. The highest BCUT2D eigenvalue weighted by Gasteiger charge is 2.22. The topological polar surface area (TPSA) is 232 Å². The van der Waals surface area contributed by atoms with E-state index < -0.39 is 0 Å². The molecule has 636 valence electrons. The van der Waals surface area contributed by atoms with Gasteiger partial charge in [0.15, 0.2) is 52.4 Å². The molecule has 0 aliphatic rings. The van der Waals surface area contributed by atoms with Crippen molar-refractivity contribution in [1.82, 2.24) is 89.7 Å². The van der Waals surface area contributed by atoms with Crippen molar-refractivity contribution >= 4 is 21.7 Å². The summed E-state index contributed by atoms with van der Waals surface area (Å²) < 4.78 is 0. The van der Waals surface area contributed by atoms with Gasteiger partial charge in [0.25, 0.3) is 0 Å². The van der Waals surface area contributed by atoms with E-state index in [0.717, 1.165) is 179 Å². The van der Waals surface area contributed by atoms with Crippen molar-refractivity contribution in [3.05, 3.63) is 461 Å². The Morgan fingerprint density at radius 2 is 0.407 bits per heavy atom. The molecule has 0 N–H and O–H groups in total. The Bertz CT molecular complexity index is 7910. The quantitative estimate of drug-likeness (QED) is 0.0777. The van der Waals surface area contributed by atoms with Crippen molar-refractivity contribution in [3.63, 3.8) is 0 Å². The second-order valence-corrected chi connectivity index (χ2v) is 31.9. The van der Waals surface area contributed by atoms with Crippen LogP contribution in [-0.2, 0) is 0 Å². The maximum Gasteiger partial charge on any atom is 0.165 e. The molecule has 0 radical (unpaired) electrons. The number of pyridine rings is 9. The number of para-hydroxylation sites is 1. The van der Waals surface area contributed by atoms with Crippen molar-refractivity contribution < 1.29 is 0 Å². The fourth-order valence-corrected chi connectivity index (χ4v) is 15.8. The predicted molar refractivity (Wildman–Crippen MR) is 537 cm³/mol. The van der Waals surface area contributed by atoms with Crippen LogP contribution < -0.4 is 0 Å². The molecule has 0 atom stereocenters. The lowest BCUT2D eigenvalue weighted by Crippen LogP contribution is -2.00. The third-order valence-electron chi connectivity index (χ3n) is 22.7. The first-order chi connectivity index (χ1) is 66.7. The standard InChI is InChI=1S/2C40H26N6.C37H26N6/c1-4-12-27(13-5-1)32-24-36(43-37(25-32)35-23-20-28-14-10-11-19-33(28)42-35)34-22-21-31(26-41-34)40-45-38(29-15-6-2-7-16-29)44-39(46-40)30-17-8-3-9-18-30;1-4-12-27(13-5-1)32-24-35(43-36(25-32)37-33-19-11-10-14-28(33)22-23-41-37)34-21-20-31(26-42-34)40-45-38(29-15-6-2-7-16-29)44-39(46-40)30-17-8-3-9-18-30;1-25-17-19-31(38-23-25)33-21-30(26-11-5-2-6-12-26)22-34(40-33)32-20-18-29(24-39-32)37-42-35(27-13-7-3-8-14-27)41-36(43-37)28-15-9-4-10-16-28/h2*1-26H;2-24H,1H3. The molecule has 0 aliphatic heterocycles. The minimum atomic E-state index is 0.554. The van der Waals surface area contributed by atoms with Crippen LogP contribution in [0.2, 0.25) is 0 Å². The number of rotatable bonds is 18. The van der Waals surface area contributed by atoms with Gasteiger partial charge in [-0.2, -0.15) is 0 Å². The highest BCUT2D eigenvalue weighted by Crippen LogP contribution is 2.38. The Balaban J connectivity index is 0.000000121. The lowest BCUT2D eigenvalue weighted by molar-refractivity contribution is 1.07. The van der Waals surface area contributed by atoms with Crippen LogP contribution in [0.5, 0.6) is 0 Å². The third-order valence-corrected chi connectivity index (χ3v) is 22.7. The number of nitrogens with zero attached hydrogens (tertiary/aromatic N) is 18. The molecule has 12 aromatic heterocycles. The van der Waals surface area contributed by atoms with Gasteiger partial charge in [0.05, 0.1) is 73.8 Å². The highest BCUT2D eigenvalue weighted by molar-refractivity contribution is 5.95. The Morgan fingerprint density at radius 3 is 0.726 bits per heavy atom. The van der Waals surface area contributed by atoms with E-state index in [0.29, 0.717) is 52.4 Å². The van der Waals surface area contributed by atoms with Gasteiger partial charge >= 0.3 is 0 Å². The van der Waals surface area contributed by atoms with Gasteiger partial charge in [-0.3, -0.25) is 24.9 Å². The molecule has 0 spiro atoms. The summed E-state index contributed by atoms with van der Waals surface area (Å²) >= 11 is 0. The molecule has 0 aliphatic carbocycles. The Kier molecular flexibility index (Phi) is 23.9. The van der Waals surface area contributed by atoms with Crippen LogP contribution in [0.3, 0.4) is 0 Å². The van der Waals surface area contributed by atoms with E-state index in [-0.39, 0.29) is 0 Å². The van der Waals surface area contributed by atoms with Crippen molar-refractivity contribution in [2.24, 2.45) is 0 Å². The van der Waals surface area contributed by atoms with Crippen molar-refractivity contribution in [1.29, 1.82) is 0 Å². The molecule has 18 heteroatoms. The Labute approximate surface area is 778 Å². The largest absolute Gasteiger partial charge is 0.254 e. The van der Waals surface area contributed by atoms with Gasteiger partial charge in [-0.05, 0) is 148 Å². The molecule has 0 saturated heterocycles. The number of aromatic nitrogens is 18. The van der Waals surface area contributed by atoms with Gasteiger partial charge in [0, 0.05) is 91.8 Å². The van der Waals surface area contributed by atoms with E-state index in [4.69, 9.17) is 84.7 Å². The Morgan fingerprint density at radius 1 is 0.148 bits per heavy atom. The van der Waals surface area contributed by atoms with Crippen LogP contribution in [0.1, 0.15) is 5.56 Å². The first-order valence-electron chi connectivity index (χ1n) is 44.1. The normalized spacial score (nSPS) is 11.0. The van der Waals surface area contributed by atoms with E-state index in [1.807, 2.05) is 347 Å². The number of benzene rings is 11. The maximum absolute atomic E-state index is 5.09. The van der Waals surface area contributed by atoms with Crippen molar-refractivity contribution in [2.75, 3.05) is 0 Å². The van der Waals surface area contributed by atoms with E-state index in [2.05, 4.69) is 102 Å². The smallest absolute Gasteiger partial charge is 0.165 e. The maximum atomic E-state index is 5.09. The minimum absolute atomic E-state index is 0.554. The van der Waals surface area contributed by atoms with Gasteiger partial charge in [-0.25, -0.2) is 64.8 Å². The summed E-state index contributed by atoms with van der Waals surface area (Å²) in [7, 11) is 0. The van der Waals surface area contributed by atoms with Gasteiger partial charge in [-0.15, -0.1) is 0 Å². The second-order valence-electron chi connectivity index (χ2n) is 31.9. The summed E-state index contributed by atoms with van der Waals surface area (Å²) in [6.07, 6.45) is 9.11. The number of hydrogen-bond donors (Lipinski definition) is 0. The van der Waals surface area contributed by atoms with Gasteiger partial charge in [-0.1, -0.05) is 328 Å². The summed E-state index contributed by atoms with van der Waals surface area (Å²) in [4.78, 5) is 87.5. The molecule has 12 heterocycles. The van der Waals surface area contributed by atoms with Crippen LogP contribution in [0.4, 0.5) is 0 Å². The average molecular weight is 1740 g/mol. The molecule has 11 aromatic carbocycles. The van der Waals surface area contributed by atoms with Crippen molar-refractivity contribution in [2.45, 2.75) is 6.92 Å². The SMILES string of the molecule is Cc1ccc(-c2cc(-c3ccccc3)cc(-c3ccc(-c4nc(-c5ccccc5)nc(-c5ccccc5)n4)cn3)n2)nc1.c1ccc(-c2cc(-c3ccc(-c4nc(-c5ccccc5)nc(-c5ccccc5)n4)cn3)nc(-c3ccc4ccccc4n3)c2)cc1.c1ccc(-c2cc(-c3ccc(-c4nc(-c5ccccc5)nc(-c5ccccc5)n4)cn3)nc(-c3nccc4ccccc34)c2)cc1. The molecule has 0 bridgehead atoms. The molecule has 135 heavy (non-hydrogen) atoms. The van der Waals surface area contributed by atoms with E-state index in [1.54, 1.807) is 18.6 Å². The minimum Gasteiger partial charge on any atom is -0.254 e. The summed E-state index contributed by atoms with van der Waals surface area (Å²) in [5.41, 5.74) is 25.7. The highest BCUT2D eigenvalue weighted by atomic mass is 15.1. The molecule has 18 nitrogen and oxygen atoms in total. The van der Waals surface area contributed by atoms with Crippen LogP contribution >= 0.6 is 0 Å². The first-order valence-corrected chi connectivity index (χ1v) is 44.1. The summed E-state index contributed by atoms with van der Waals surface area (Å²) in [5, 5.41) is 3.26.